The van der Waals surface area contributed by atoms with Crippen LogP contribution >= 0.6 is 22.9 Å². The zero-order valence-corrected chi connectivity index (χ0v) is 19.3. The number of piperidine rings is 1. The minimum Gasteiger partial charge on any atom is -0.465 e. The van der Waals surface area contributed by atoms with Gasteiger partial charge in [0.2, 0.25) is 5.91 Å². The van der Waals surface area contributed by atoms with E-state index in [1.807, 2.05) is 23.3 Å². The van der Waals surface area contributed by atoms with Gasteiger partial charge in [-0.3, -0.25) is 4.79 Å². The van der Waals surface area contributed by atoms with Crippen LogP contribution in [0.25, 0.3) is 0 Å². The second-order valence-corrected chi connectivity index (χ2v) is 10.2. The lowest BCUT2D eigenvalue weighted by atomic mass is 9.72. The maximum Gasteiger partial charge on any atom is 0.407 e. The number of unbranched alkanes of at least 4 members (excludes halogenated alkanes) is 1. The molecule has 2 fully saturated rings. The van der Waals surface area contributed by atoms with Crippen LogP contribution in [-0.2, 0) is 4.79 Å². The van der Waals surface area contributed by atoms with Crippen LogP contribution in [0.5, 0.6) is 0 Å². The smallest absolute Gasteiger partial charge is 0.407 e. The Balaban J connectivity index is 1.72. The average Bonchev–Trinajstić information content (AvgIpc) is 3.14. The molecule has 0 spiro atoms. The van der Waals surface area contributed by atoms with Crippen molar-refractivity contribution in [3.63, 3.8) is 0 Å². The Morgan fingerprint density at radius 2 is 1.97 bits per heavy atom. The standard InChI is InChI=1S/C22H33ClN2O4S/c1-2-3-11-25(21(27)28)17-7-12-24(13-8-17)20(26)19(16-14-18(23)30-15-16)22(29)9-5-4-6-10-22/h14-15,17,19,29H,2-13H2,1H3,(H,27,28). The van der Waals surface area contributed by atoms with Crippen LogP contribution in [0.4, 0.5) is 4.79 Å². The first-order valence-corrected chi connectivity index (χ1v) is 12.4. The van der Waals surface area contributed by atoms with Crippen molar-refractivity contribution in [2.24, 2.45) is 0 Å². The average molecular weight is 457 g/mol. The maximum absolute atomic E-state index is 13.6. The Kier molecular flexibility index (Phi) is 8.04. The van der Waals surface area contributed by atoms with Gasteiger partial charge in [-0.1, -0.05) is 44.2 Å². The highest BCUT2D eigenvalue weighted by Gasteiger charge is 2.45. The quantitative estimate of drug-likeness (QED) is 0.608. The number of thiophene rings is 1. The molecule has 1 unspecified atom stereocenters. The van der Waals surface area contributed by atoms with E-state index in [0.29, 0.717) is 49.7 Å². The number of hydrogen-bond acceptors (Lipinski definition) is 4. The molecule has 8 heteroatoms. The molecule has 1 atom stereocenters. The Bertz CT molecular complexity index is 726. The molecule has 1 saturated heterocycles. The monoisotopic (exact) mass is 456 g/mol. The molecule has 3 rings (SSSR count). The molecule has 1 aliphatic heterocycles. The van der Waals surface area contributed by atoms with Crippen LogP contribution in [-0.4, -0.2) is 63.3 Å². The number of likely N-dealkylation sites (tertiary alicyclic amines) is 1. The Labute approximate surface area is 187 Å². The van der Waals surface area contributed by atoms with Gasteiger partial charge in [0.05, 0.1) is 15.9 Å². The number of nitrogens with zero attached hydrogens (tertiary/aromatic N) is 2. The van der Waals surface area contributed by atoms with Gasteiger partial charge in [0.1, 0.15) is 0 Å². The third-order valence-electron chi connectivity index (χ3n) is 6.64. The van der Waals surface area contributed by atoms with Gasteiger partial charge in [-0.25, -0.2) is 4.79 Å². The number of aliphatic hydroxyl groups is 1. The first-order chi connectivity index (χ1) is 14.4. The van der Waals surface area contributed by atoms with E-state index in [-0.39, 0.29) is 11.9 Å². The number of hydrogen-bond donors (Lipinski definition) is 2. The second-order valence-electron chi connectivity index (χ2n) is 8.67. The summed E-state index contributed by atoms with van der Waals surface area (Å²) in [6, 6.07) is 1.76. The lowest BCUT2D eigenvalue weighted by Crippen LogP contribution is -2.52. The third kappa shape index (κ3) is 5.29. The molecule has 1 aliphatic carbocycles. The van der Waals surface area contributed by atoms with E-state index >= 15 is 0 Å². The molecule has 30 heavy (non-hydrogen) atoms. The summed E-state index contributed by atoms with van der Waals surface area (Å²) in [6.07, 6.45) is 6.36. The number of carboxylic acid groups (broad SMARTS) is 1. The van der Waals surface area contributed by atoms with Crippen molar-refractivity contribution in [1.82, 2.24) is 9.80 Å². The van der Waals surface area contributed by atoms with Gasteiger partial charge in [0, 0.05) is 25.7 Å². The Morgan fingerprint density at radius 1 is 1.30 bits per heavy atom. The summed E-state index contributed by atoms with van der Waals surface area (Å²) >= 11 is 7.54. The summed E-state index contributed by atoms with van der Waals surface area (Å²) in [5, 5.41) is 22.9. The molecule has 168 valence electrons. The minimum absolute atomic E-state index is 0.0510. The highest BCUT2D eigenvalue weighted by atomic mass is 35.5. The van der Waals surface area contributed by atoms with Crippen LogP contribution < -0.4 is 0 Å². The summed E-state index contributed by atoms with van der Waals surface area (Å²) in [4.78, 5) is 28.6. The molecule has 0 aromatic carbocycles. The van der Waals surface area contributed by atoms with Gasteiger partial charge in [0.15, 0.2) is 0 Å². The zero-order chi connectivity index (χ0) is 21.7. The first-order valence-electron chi connectivity index (χ1n) is 11.1. The van der Waals surface area contributed by atoms with Crippen molar-refractivity contribution < 1.29 is 19.8 Å². The first kappa shape index (κ1) is 23.4. The summed E-state index contributed by atoms with van der Waals surface area (Å²) in [5.74, 6) is -0.656. The molecule has 0 bridgehead atoms. The summed E-state index contributed by atoms with van der Waals surface area (Å²) < 4.78 is 0.619. The number of amides is 2. The second kappa shape index (κ2) is 10.3. The number of carbonyl (C=O) groups is 2. The zero-order valence-electron chi connectivity index (χ0n) is 17.7. The fourth-order valence-electron chi connectivity index (χ4n) is 4.95. The molecule has 2 aliphatic rings. The fourth-order valence-corrected chi connectivity index (χ4v) is 5.87. The van der Waals surface area contributed by atoms with Gasteiger partial charge in [-0.15, -0.1) is 11.3 Å². The van der Waals surface area contributed by atoms with Gasteiger partial charge >= 0.3 is 6.09 Å². The molecular weight excluding hydrogens is 424 g/mol. The molecule has 6 nitrogen and oxygen atoms in total. The van der Waals surface area contributed by atoms with Crippen molar-refractivity contribution >= 4 is 34.9 Å². The third-order valence-corrected chi connectivity index (χ3v) is 7.75. The molecular formula is C22H33ClN2O4S. The fraction of sp³-hybridized carbons (Fsp3) is 0.727. The van der Waals surface area contributed by atoms with E-state index in [4.69, 9.17) is 11.6 Å². The summed E-state index contributed by atoms with van der Waals surface area (Å²) in [5.41, 5.74) is -0.234. The van der Waals surface area contributed by atoms with Crippen LogP contribution in [0, 0.1) is 0 Å². The van der Waals surface area contributed by atoms with E-state index in [9.17, 15) is 19.8 Å². The van der Waals surface area contributed by atoms with E-state index in [0.717, 1.165) is 37.7 Å². The molecule has 1 aromatic heterocycles. The normalized spacial score (nSPS) is 20.7. The van der Waals surface area contributed by atoms with E-state index < -0.39 is 17.6 Å². The predicted octanol–water partition coefficient (Wildman–Crippen LogP) is 4.95. The lowest BCUT2D eigenvalue weighted by molar-refractivity contribution is -0.143. The van der Waals surface area contributed by atoms with Gasteiger partial charge in [0.25, 0.3) is 0 Å². The highest BCUT2D eigenvalue weighted by molar-refractivity contribution is 7.14. The SMILES string of the molecule is CCCCN(C(=O)O)C1CCN(C(=O)C(c2csc(Cl)c2)C2(O)CCCCC2)CC1. The van der Waals surface area contributed by atoms with Crippen LogP contribution in [0.3, 0.4) is 0 Å². The molecule has 0 radical (unpaired) electrons. The Hall–Kier alpha value is -1.31. The number of rotatable bonds is 7. The largest absolute Gasteiger partial charge is 0.465 e. The van der Waals surface area contributed by atoms with Crippen LogP contribution in [0.2, 0.25) is 4.34 Å². The van der Waals surface area contributed by atoms with Crippen molar-refractivity contribution in [2.45, 2.75) is 82.3 Å². The lowest BCUT2D eigenvalue weighted by Gasteiger charge is -2.43. The van der Waals surface area contributed by atoms with Crippen LogP contribution in [0.15, 0.2) is 11.4 Å². The topological polar surface area (TPSA) is 81.1 Å². The number of halogens is 1. The van der Waals surface area contributed by atoms with Crippen molar-refractivity contribution in [2.75, 3.05) is 19.6 Å². The maximum atomic E-state index is 13.6. The summed E-state index contributed by atoms with van der Waals surface area (Å²) in [7, 11) is 0. The summed E-state index contributed by atoms with van der Waals surface area (Å²) in [6.45, 7) is 3.63. The van der Waals surface area contributed by atoms with Crippen molar-refractivity contribution in [3.8, 4) is 0 Å². The molecule has 2 heterocycles. The molecule has 1 saturated carbocycles. The van der Waals surface area contributed by atoms with Gasteiger partial charge in [-0.2, -0.15) is 0 Å². The molecule has 2 amide bonds. The molecule has 2 N–H and O–H groups in total. The van der Waals surface area contributed by atoms with E-state index in [1.54, 1.807) is 0 Å². The van der Waals surface area contributed by atoms with E-state index in [1.165, 1.54) is 16.2 Å². The predicted molar refractivity (Wildman–Crippen MR) is 119 cm³/mol. The highest BCUT2D eigenvalue weighted by Crippen LogP contribution is 2.43. The number of carbonyl (C=O) groups excluding carboxylic acids is 1. The van der Waals surface area contributed by atoms with Gasteiger partial charge in [-0.05, 0) is 49.1 Å². The van der Waals surface area contributed by atoms with Crippen molar-refractivity contribution in [3.05, 3.63) is 21.3 Å². The van der Waals surface area contributed by atoms with Crippen molar-refractivity contribution in [1.29, 1.82) is 0 Å². The van der Waals surface area contributed by atoms with Crippen LogP contribution in [0.1, 0.15) is 76.2 Å². The molecule has 1 aromatic rings. The van der Waals surface area contributed by atoms with E-state index in [2.05, 4.69) is 0 Å². The van der Waals surface area contributed by atoms with Gasteiger partial charge < -0.3 is 20.0 Å². The Morgan fingerprint density at radius 3 is 2.50 bits per heavy atom. The minimum atomic E-state index is -1.04.